The van der Waals surface area contributed by atoms with Crippen molar-refractivity contribution >= 4 is 23.4 Å². The smallest absolute Gasteiger partial charge is 0.241 e. The Balaban J connectivity index is 1.53. The number of thioether (sulfide) groups is 1. The van der Waals surface area contributed by atoms with Crippen LogP contribution in [0, 0.1) is 0 Å². The third kappa shape index (κ3) is 4.25. The van der Waals surface area contributed by atoms with E-state index in [1.54, 1.807) is 0 Å². The van der Waals surface area contributed by atoms with E-state index in [1.807, 2.05) is 47.0 Å². The predicted molar refractivity (Wildman–Crippen MR) is 114 cm³/mol. The van der Waals surface area contributed by atoms with E-state index in [0.717, 1.165) is 37.6 Å². The van der Waals surface area contributed by atoms with Crippen LogP contribution in [0.4, 0.5) is 5.69 Å². The molecule has 5 nitrogen and oxygen atoms in total. The molecule has 1 fully saturated rings. The van der Waals surface area contributed by atoms with E-state index in [1.165, 1.54) is 10.5 Å². The molecule has 1 unspecified atom stereocenters. The van der Waals surface area contributed by atoms with Crippen molar-refractivity contribution in [3.63, 3.8) is 0 Å². The standard InChI is InChI=1S/C22H27N3O2S/c26-15-14-23-10-12-24(13-11-23)16-22(27)25-19-8-4-5-9-21(19)28-17-20(25)18-6-2-1-3-7-18/h1-9,20,26H,10-17H2. The summed E-state index contributed by atoms with van der Waals surface area (Å²) in [4.78, 5) is 21.1. The molecule has 0 aromatic heterocycles. The molecule has 2 aliphatic rings. The molecule has 1 saturated heterocycles. The van der Waals surface area contributed by atoms with Crippen molar-refractivity contribution in [2.45, 2.75) is 10.9 Å². The molecular weight excluding hydrogens is 370 g/mol. The van der Waals surface area contributed by atoms with Crippen LogP contribution in [0.1, 0.15) is 11.6 Å². The van der Waals surface area contributed by atoms with Crippen molar-refractivity contribution in [1.82, 2.24) is 9.80 Å². The maximum Gasteiger partial charge on any atom is 0.241 e. The molecule has 148 valence electrons. The number of hydrogen-bond donors (Lipinski definition) is 1. The van der Waals surface area contributed by atoms with Crippen molar-refractivity contribution in [2.75, 3.05) is 56.5 Å². The number of aliphatic hydroxyl groups is 1. The molecule has 0 radical (unpaired) electrons. The summed E-state index contributed by atoms with van der Waals surface area (Å²) in [7, 11) is 0. The van der Waals surface area contributed by atoms with Crippen LogP contribution in [-0.2, 0) is 4.79 Å². The molecule has 0 spiro atoms. The number of β-amino-alcohol motifs (C(OH)–C–C–N with tert-alkyl or cyclic N) is 1. The summed E-state index contributed by atoms with van der Waals surface area (Å²) in [5.41, 5.74) is 2.21. The van der Waals surface area contributed by atoms with Gasteiger partial charge in [0.1, 0.15) is 0 Å². The number of piperazine rings is 1. The highest BCUT2D eigenvalue weighted by Gasteiger charge is 2.33. The Morgan fingerprint density at radius 3 is 2.39 bits per heavy atom. The molecule has 2 aliphatic heterocycles. The van der Waals surface area contributed by atoms with E-state index in [0.29, 0.717) is 13.1 Å². The zero-order chi connectivity index (χ0) is 19.3. The van der Waals surface area contributed by atoms with E-state index in [4.69, 9.17) is 5.11 Å². The minimum Gasteiger partial charge on any atom is -0.395 e. The maximum absolute atomic E-state index is 13.4. The molecule has 2 aromatic rings. The number of amides is 1. The van der Waals surface area contributed by atoms with Crippen molar-refractivity contribution in [3.8, 4) is 0 Å². The van der Waals surface area contributed by atoms with Gasteiger partial charge in [-0.1, -0.05) is 42.5 Å². The van der Waals surface area contributed by atoms with Gasteiger partial charge >= 0.3 is 0 Å². The van der Waals surface area contributed by atoms with Gasteiger partial charge in [-0.15, -0.1) is 11.8 Å². The number of hydrogen-bond acceptors (Lipinski definition) is 5. The Morgan fingerprint density at radius 1 is 0.964 bits per heavy atom. The van der Waals surface area contributed by atoms with E-state index in [-0.39, 0.29) is 18.6 Å². The van der Waals surface area contributed by atoms with Gasteiger partial charge < -0.3 is 10.0 Å². The summed E-state index contributed by atoms with van der Waals surface area (Å²) in [5, 5.41) is 9.11. The Bertz CT molecular complexity index is 793. The number of fused-ring (bicyclic) bond motifs is 1. The van der Waals surface area contributed by atoms with Crippen LogP contribution in [0.15, 0.2) is 59.5 Å². The van der Waals surface area contributed by atoms with E-state index in [2.05, 4.69) is 34.1 Å². The monoisotopic (exact) mass is 397 g/mol. The molecule has 1 amide bonds. The number of anilines is 1. The molecule has 2 aromatic carbocycles. The molecule has 6 heteroatoms. The van der Waals surface area contributed by atoms with Gasteiger partial charge in [-0.2, -0.15) is 0 Å². The van der Waals surface area contributed by atoms with Gasteiger partial charge in [0.2, 0.25) is 5.91 Å². The normalized spacial score (nSPS) is 20.8. The summed E-state index contributed by atoms with van der Waals surface area (Å²) in [6.07, 6.45) is 0. The number of aliphatic hydroxyl groups excluding tert-OH is 1. The molecule has 1 N–H and O–H groups in total. The Kier molecular flexibility index (Phi) is 6.32. The highest BCUT2D eigenvalue weighted by Crippen LogP contribution is 2.43. The first-order valence-electron chi connectivity index (χ1n) is 9.90. The van der Waals surface area contributed by atoms with E-state index in [9.17, 15) is 4.79 Å². The minimum absolute atomic E-state index is 0.0595. The summed E-state index contributed by atoms with van der Waals surface area (Å²) >= 11 is 1.83. The summed E-state index contributed by atoms with van der Waals surface area (Å²) in [6.45, 7) is 4.90. The van der Waals surface area contributed by atoms with Crippen LogP contribution in [0.25, 0.3) is 0 Å². The predicted octanol–water partition coefficient (Wildman–Crippen LogP) is 2.48. The number of rotatable bonds is 5. The molecule has 2 heterocycles. The van der Waals surface area contributed by atoms with Crippen LogP contribution in [-0.4, -0.2) is 72.4 Å². The zero-order valence-corrected chi connectivity index (χ0v) is 16.9. The third-order valence-corrected chi connectivity index (χ3v) is 6.66. The fourth-order valence-corrected chi connectivity index (χ4v) is 5.17. The molecule has 4 rings (SSSR count). The topological polar surface area (TPSA) is 47.0 Å². The zero-order valence-electron chi connectivity index (χ0n) is 16.0. The van der Waals surface area contributed by atoms with E-state index < -0.39 is 0 Å². The summed E-state index contributed by atoms with van der Waals surface area (Å²) in [5.74, 6) is 1.04. The Labute approximate surface area is 170 Å². The molecule has 1 atom stereocenters. The first-order valence-corrected chi connectivity index (χ1v) is 10.9. The van der Waals surface area contributed by atoms with Gasteiger partial charge in [0, 0.05) is 43.4 Å². The van der Waals surface area contributed by atoms with Crippen LogP contribution < -0.4 is 4.90 Å². The second kappa shape index (κ2) is 9.09. The van der Waals surface area contributed by atoms with E-state index >= 15 is 0 Å². The second-order valence-corrected chi connectivity index (χ2v) is 8.37. The largest absolute Gasteiger partial charge is 0.395 e. The second-order valence-electron chi connectivity index (χ2n) is 7.31. The fourth-order valence-electron chi connectivity index (χ4n) is 4.00. The van der Waals surface area contributed by atoms with Gasteiger partial charge in [-0.25, -0.2) is 0 Å². The molecule has 28 heavy (non-hydrogen) atoms. The van der Waals surface area contributed by atoms with Crippen LogP contribution in [0.2, 0.25) is 0 Å². The molecular formula is C22H27N3O2S. The lowest BCUT2D eigenvalue weighted by Gasteiger charge is -2.39. The number of nitrogens with zero attached hydrogens (tertiary/aromatic N) is 3. The maximum atomic E-state index is 13.4. The van der Waals surface area contributed by atoms with Gasteiger partial charge in [0.25, 0.3) is 0 Å². The highest BCUT2D eigenvalue weighted by atomic mass is 32.2. The van der Waals surface area contributed by atoms with Gasteiger partial charge in [-0.05, 0) is 17.7 Å². The third-order valence-electron chi connectivity index (χ3n) is 5.53. The van der Waals surface area contributed by atoms with Crippen LogP contribution >= 0.6 is 11.8 Å². The number of benzene rings is 2. The quantitative estimate of drug-likeness (QED) is 0.840. The lowest BCUT2D eigenvalue weighted by Crippen LogP contribution is -2.51. The van der Waals surface area contributed by atoms with Gasteiger partial charge in [0.15, 0.2) is 0 Å². The molecule has 0 aliphatic carbocycles. The number of para-hydroxylation sites is 1. The minimum atomic E-state index is 0.0595. The number of carbonyl (C=O) groups excluding carboxylic acids is 1. The van der Waals surface area contributed by atoms with Crippen LogP contribution in [0.5, 0.6) is 0 Å². The van der Waals surface area contributed by atoms with Crippen molar-refractivity contribution in [3.05, 3.63) is 60.2 Å². The Morgan fingerprint density at radius 2 is 1.64 bits per heavy atom. The van der Waals surface area contributed by atoms with Gasteiger partial charge in [-0.3, -0.25) is 14.6 Å². The summed E-state index contributed by atoms with van der Waals surface area (Å²) < 4.78 is 0. The average molecular weight is 398 g/mol. The first-order chi connectivity index (χ1) is 13.8. The highest BCUT2D eigenvalue weighted by molar-refractivity contribution is 7.99. The lowest BCUT2D eigenvalue weighted by molar-refractivity contribution is -0.120. The fraction of sp³-hybridized carbons (Fsp3) is 0.409. The molecule has 0 bridgehead atoms. The van der Waals surface area contributed by atoms with Crippen molar-refractivity contribution < 1.29 is 9.90 Å². The average Bonchev–Trinajstić information content (AvgIpc) is 2.75. The van der Waals surface area contributed by atoms with Gasteiger partial charge in [0.05, 0.1) is 24.9 Å². The van der Waals surface area contributed by atoms with Crippen LogP contribution in [0.3, 0.4) is 0 Å². The lowest BCUT2D eigenvalue weighted by atomic mass is 10.1. The Hall–Kier alpha value is -1.86. The number of carbonyl (C=O) groups is 1. The summed E-state index contributed by atoms with van der Waals surface area (Å²) in [6, 6.07) is 18.6. The molecule has 0 saturated carbocycles. The van der Waals surface area contributed by atoms with Crippen molar-refractivity contribution in [1.29, 1.82) is 0 Å². The first kappa shape index (κ1) is 19.5. The van der Waals surface area contributed by atoms with Crippen molar-refractivity contribution in [2.24, 2.45) is 0 Å². The SMILES string of the molecule is O=C(CN1CCN(CCO)CC1)N1c2ccccc2SCC1c1ccccc1.